The number of halogens is 2. The van der Waals surface area contributed by atoms with E-state index in [4.69, 9.17) is 4.42 Å². The molecule has 1 aliphatic heterocycles. The van der Waals surface area contributed by atoms with Crippen LogP contribution in [-0.2, 0) is 6.54 Å². The fraction of sp³-hybridized carbons (Fsp3) is 0.286. The van der Waals surface area contributed by atoms with E-state index in [1.165, 1.54) is 17.2 Å². The first-order chi connectivity index (χ1) is 13.1. The van der Waals surface area contributed by atoms with Crippen molar-refractivity contribution in [2.75, 3.05) is 18.1 Å². The molecule has 2 aromatic carbocycles. The Balaban J connectivity index is 1.53. The molecular weight excluding hydrogens is 366 g/mol. The van der Waals surface area contributed by atoms with Gasteiger partial charge in [-0.1, -0.05) is 29.8 Å². The van der Waals surface area contributed by atoms with Crippen LogP contribution in [0, 0.1) is 18.6 Å². The maximum Gasteiger partial charge on any atom is 0.226 e. The van der Waals surface area contributed by atoms with Crippen molar-refractivity contribution in [2.45, 2.75) is 19.5 Å². The lowest BCUT2D eigenvalue weighted by molar-refractivity contribution is 0.209. The molecule has 2 heterocycles. The number of nitrogens with zero attached hydrogens (tertiary/aromatic N) is 2. The fourth-order valence-electron chi connectivity index (χ4n) is 3.27. The van der Waals surface area contributed by atoms with E-state index in [0.29, 0.717) is 24.0 Å². The van der Waals surface area contributed by atoms with Crippen LogP contribution in [0.5, 0.6) is 0 Å². The Hall–Kier alpha value is -2.18. The van der Waals surface area contributed by atoms with Gasteiger partial charge in [0.1, 0.15) is 6.26 Å². The summed E-state index contributed by atoms with van der Waals surface area (Å²) in [5.74, 6) is 0.645. The predicted octanol–water partition coefficient (Wildman–Crippen LogP) is 5.22. The van der Waals surface area contributed by atoms with Gasteiger partial charge >= 0.3 is 0 Å². The molecule has 140 valence electrons. The lowest BCUT2D eigenvalue weighted by Gasteiger charge is -2.35. The molecule has 3 aromatic rings. The Morgan fingerprint density at radius 2 is 1.96 bits per heavy atom. The Morgan fingerprint density at radius 1 is 1.15 bits per heavy atom. The third kappa shape index (κ3) is 4.06. The molecule has 3 nitrogen and oxygen atoms in total. The number of hydrogen-bond acceptors (Lipinski definition) is 4. The van der Waals surface area contributed by atoms with E-state index in [1.807, 2.05) is 11.8 Å². The molecule has 0 bridgehead atoms. The summed E-state index contributed by atoms with van der Waals surface area (Å²) in [5, 5.41) is 0. The van der Waals surface area contributed by atoms with E-state index >= 15 is 0 Å². The summed E-state index contributed by atoms with van der Waals surface area (Å²) in [6, 6.07) is 12.7. The van der Waals surface area contributed by atoms with E-state index in [0.717, 1.165) is 35.9 Å². The molecule has 1 atom stereocenters. The minimum absolute atomic E-state index is 0.308. The average molecular weight is 386 g/mol. The second-order valence-corrected chi connectivity index (χ2v) is 7.89. The zero-order valence-corrected chi connectivity index (χ0v) is 15.8. The van der Waals surface area contributed by atoms with E-state index in [9.17, 15) is 8.78 Å². The third-order valence-electron chi connectivity index (χ3n) is 4.78. The van der Waals surface area contributed by atoms with Crippen LogP contribution in [0.2, 0.25) is 0 Å². The van der Waals surface area contributed by atoms with Crippen molar-refractivity contribution in [3.63, 3.8) is 0 Å². The number of aromatic nitrogens is 1. The maximum atomic E-state index is 13.5. The molecule has 1 unspecified atom stereocenters. The first kappa shape index (κ1) is 18.2. The van der Waals surface area contributed by atoms with Gasteiger partial charge in [0.25, 0.3) is 0 Å². The largest absolute Gasteiger partial charge is 0.444 e. The van der Waals surface area contributed by atoms with Crippen molar-refractivity contribution in [3.8, 4) is 11.5 Å². The second-order valence-electron chi connectivity index (χ2n) is 6.74. The van der Waals surface area contributed by atoms with Gasteiger partial charge in [0.15, 0.2) is 11.6 Å². The van der Waals surface area contributed by atoms with Gasteiger partial charge in [-0.3, -0.25) is 4.90 Å². The van der Waals surface area contributed by atoms with E-state index < -0.39 is 11.6 Å². The minimum Gasteiger partial charge on any atom is -0.444 e. The Labute approximate surface area is 161 Å². The number of thioether (sulfide) groups is 1. The fourth-order valence-corrected chi connectivity index (χ4v) is 4.43. The SMILES string of the molecule is Cc1ccc(C2CSCCN2Cc2coc(-c3ccc(F)c(F)c3)n2)cc1. The number of oxazole rings is 1. The standard InChI is InChI=1S/C21H20F2N2OS/c1-14-2-4-15(5-3-14)20-13-27-9-8-25(20)11-17-12-26-21(24-17)16-6-7-18(22)19(23)10-16/h2-7,10,12,20H,8-9,11,13H2,1H3. The van der Waals surface area contributed by atoms with Crippen molar-refractivity contribution in [1.82, 2.24) is 9.88 Å². The van der Waals surface area contributed by atoms with Gasteiger partial charge in [-0.15, -0.1) is 0 Å². The first-order valence-electron chi connectivity index (χ1n) is 8.88. The zero-order chi connectivity index (χ0) is 18.8. The molecule has 27 heavy (non-hydrogen) atoms. The molecule has 1 aliphatic rings. The van der Waals surface area contributed by atoms with Crippen LogP contribution in [0.25, 0.3) is 11.5 Å². The molecule has 1 aromatic heterocycles. The highest BCUT2D eigenvalue weighted by molar-refractivity contribution is 7.99. The molecule has 0 spiro atoms. The Morgan fingerprint density at radius 3 is 2.74 bits per heavy atom. The van der Waals surface area contributed by atoms with Crippen LogP contribution in [0.1, 0.15) is 22.9 Å². The molecule has 0 radical (unpaired) electrons. The summed E-state index contributed by atoms with van der Waals surface area (Å²) < 4.78 is 32.1. The highest BCUT2D eigenvalue weighted by atomic mass is 32.2. The molecule has 6 heteroatoms. The van der Waals surface area contributed by atoms with Gasteiger partial charge < -0.3 is 4.42 Å². The number of hydrogen-bond donors (Lipinski definition) is 0. The molecule has 0 aliphatic carbocycles. The summed E-state index contributed by atoms with van der Waals surface area (Å²) >= 11 is 1.96. The van der Waals surface area contributed by atoms with E-state index in [-0.39, 0.29) is 0 Å². The van der Waals surface area contributed by atoms with Crippen molar-refractivity contribution < 1.29 is 13.2 Å². The molecule has 1 fully saturated rings. The van der Waals surface area contributed by atoms with Gasteiger partial charge in [0.05, 0.1) is 5.69 Å². The molecule has 0 N–H and O–H groups in total. The summed E-state index contributed by atoms with van der Waals surface area (Å²) in [4.78, 5) is 6.88. The van der Waals surface area contributed by atoms with Crippen LogP contribution >= 0.6 is 11.8 Å². The number of aryl methyl sites for hydroxylation is 1. The smallest absolute Gasteiger partial charge is 0.226 e. The summed E-state index contributed by atoms with van der Waals surface area (Å²) in [7, 11) is 0. The van der Waals surface area contributed by atoms with Crippen molar-refractivity contribution >= 4 is 11.8 Å². The average Bonchev–Trinajstić information content (AvgIpc) is 3.14. The molecular formula is C21H20F2N2OS. The lowest BCUT2D eigenvalue weighted by Crippen LogP contribution is -2.35. The van der Waals surface area contributed by atoms with Gasteiger partial charge in [-0.2, -0.15) is 11.8 Å². The lowest BCUT2D eigenvalue weighted by atomic mass is 10.0. The summed E-state index contributed by atoms with van der Waals surface area (Å²) in [5.41, 5.74) is 3.78. The number of benzene rings is 2. The molecule has 4 rings (SSSR count). The van der Waals surface area contributed by atoms with Crippen LogP contribution in [0.4, 0.5) is 8.78 Å². The second kappa shape index (κ2) is 7.82. The summed E-state index contributed by atoms with van der Waals surface area (Å²) in [6.07, 6.45) is 1.60. The summed E-state index contributed by atoms with van der Waals surface area (Å²) in [6.45, 7) is 3.72. The molecule has 0 saturated carbocycles. The first-order valence-corrected chi connectivity index (χ1v) is 10.0. The Bertz CT molecular complexity index is 926. The van der Waals surface area contributed by atoms with Gasteiger partial charge in [-0.25, -0.2) is 13.8 Å². The number of rotatable bonds is 4. The highest BCUT2D eigenvalue weighted by Gasteiger charge is 2.25. The maximum absolute atomic E-state index is 13.5. The van der Waals surface area contributed by atoms with Crippen molar-refractivity contribution in [1.29, 1.82) is 0 Å². The van der Waals surface area contributed by atoms with Crippen LogP contribution in [-0.4, -0.2) is 27.9 Å². The highest BCUT2D eigenvalue weighted by Crippen LogP contribution is 2.31. The third-order valence-corrected chi connectivity index (χ3v) is 5.81. The van der Waals surface area contributed by atoms with Crippen LogP contribution < -0.4 is 0 Å². The van der Waals surface area contributed by atoms with E-state index in [1.54, 1.807) is 6.26 Å². The van der Waals surface area contributed by atoms with Crippen molar-refractivity contribution in [2.24, 2.45) is 0 Å². The van der Waals surface area contributed by atoms with E-state index in [2.05, 4.69) is 41.1 Å². The van der Waals surface area contributed by atoms with Crippen LogP contribution in [0.3, 0.4) is 0 Å². The zero-order valence-electron chi connectivity index (χ0n) is 15.0. The topological polar surface area (TPSA) is 29.3 Å². The minimum atomic E-state index is -0.903. The van der Waals surface area contributed by atoms with Gasteiger partial charge in [0.2, 0.25) is 5.89 Å². The predicted molar refractivity (Wildman–Crippen MR) is 104 cm³/mol. The van der Waals surface area contributed by atoms with Crippen molar-refractivity contribution in [3.05, 3.63) is 77.2 Å². The molecule has 0 amide bonds. The Kier molecular flexibility index (Phi) is 5.27. The normalized spacial score (nSPS) is 18.0. The monoisotopic (exact) mass is 386 g/mol. The van der Waals surface area contributed by atoms with Gasteiger partial charge in [0, 0.05) is 36.2 Å². The van der Waals surface area contributed by atoms with Gasteiger partial charge in [-0.05, 0) is 30.7 Å². The molecule has 1 saturated heterocycles. The van der Waals surface area contributed by atoms with Crippen LogP contribution in [0.15, 0.2) is 53.1 Å². The quantitative estimate of drug-likeness (QED) is 0.615.